The summed E-state index contributed by atoms with van der Waals surface area (Å²) < 4.78 is 1.49. The second-order valence-corrected chi connectivity index (χ2v) is 5.36. The van der Waals surface area contributed by atoms with Gasteiger partial charge in [-0.3, -0.25) is 4.79 Å². The molecular formula is C14H19ClN6O. The fourth-order valence-electron chi connectivity index (χ4n) is 2.66. The Balaban J connectivity index is 0.00000176. The summed E-state index contributed by atoms with van der Waals surface area (Å²) in [6.07, 6.45) is 5.25. The van der Waals surface area contributed by atoms with Crippen molar-refractivity contribution in [3.05, 3.63) is 36.2 Å². The molecule has 1 amide bonds. The number of hydrogen-bond acceptors (Lipinski definition) is 5. The number of para-hydroxylation sites is 1. The molecule has 2 aromatic rings. The van der Waals surface area contributed by atoms with Crippen molar-refractivity contribution in [2.75, 3.05) is 0 Å². The van der Waals surface area contributed by atoms with Crippen LogP contribution in [0.15, 0.2) is 30.6 Å². The molecule has 1 aliphatic rings. The van der Waals surface area contributed by atoms with E-state index in [2.05, 4.69) is 20.8 Å². The second kappa shape index (κ2) is 7.33. The van der Waals surface area contributed by atoms with Gasteiger partial charge in [-0.15, -0.1) is 17.5 Å². The van der Waals surface area contributed by atoms with E-state index in [0.29, 0.717) is 11.3 Å². The molecule has 0 aliphatic heterocycles. The summed E-state index contributed by atoms with van der Waals surface area (Å²) in [5.41, 5.74) is 7.13. The first-order chi connectivity index (χ1) is 10.2. The van der Waals surface area contributed by atoms with Crippen molar-refractivity contribution < 1.29 is 4.79 Å². The molecule has 3 N–H and O–H groups in total. The monoisotopic (exact) mass is 322 g/mol. The SMILES string of the molecule is Cl.NC1CCC(NC(=O)c2ccccc2-n2cnnn2)CC1. The van der Waals surface area contributed by atoms with Crippen molar-refractivity contribution in [3.8, 4) is 5.69 Å². The van der Waals surface area contributed by atoms with Gasteiger partial charge in [0.15, 0.2) is 0 Å². The van der Waals surface area contributed by atoms with Gasteiger partial charge in [-0.05, 0) is 48.2 Å². The molecule has 22 heavy (non-hydrogen) atoms. The molecule has 118 valence electrons. The molecule has 1 saturated carbocycles. The lowest BCUT2D eigenvalue weighted by atomic mass is 9.91. The molecule has 7 nitrogen and oxygen atoms in total. The van der Waals surface area contributed by atoms with E-state index in [1.54, 1.807) is 6.07 Å². The van der Waals surface area contributed by atoms with Crippen LogP contribution in [0.3, 0.4) is 0 Å². The van der Waals surface area contributed by atoms with E-state index in [1.165, 1.54) is 11.0 Å². The van der Waals surface area contributed by atoms with E-state index >= 15 is 0 Å². The number of carbonyl (C=O) groups is 1. The number of benzene rings is 1. The number of aromatic nitrogens is 4. The highest BCUT2D eigenvalue weighted by Gasteiger charge is 2.22. The zero-order valence-electron chi connectivity index (χ0n) is 12.1. The summed E-state index contributed by atoms with van der Waals surface area (Å²) in [5, 5.41) is 14.1. The van der Waals surface area contributed by atoms with Gasteiger partial charge < -0.3 is 11.1 Å². The van der Waals surface area contributed by atoms with Crippen molar-refractivity contribution >= 4 is 18.3 Å². The van der Waals surface area contributed by atoms with Gasteiger partial charge in [-0.1, -0.05) is 12.1 Å². The number of nitrogens with one attached hydrogen (secondary N) is 1. The number of tetrazole rings is 1. The lowest BCUT2D eigenvalue weighted by Gasteiger charge is -2.27. The summed E-state index contributed by atoms with van der Waals surface area (Å²) in [4.78, 5) is 12.5. The summed E-state index contributed by atoms with van der Waals surface area (Å²) in [5.74, 6) is -0.0958. The van der Waals surface area contributed by atoms with Gasteiger partial charge in [0.2, 0.25) is 0 Å². The Morgan fingerprint density at radius 3 is 2.64 bits per heavy atom. The molecule has 1 fully saturated rings. The highest BCUT2D eigenvalue weighted by molar-refractivity contribution is 5.97. The van der Waals surface area contributed by atoms with Crippen molar-refractivity contribution in [3.63, 3.8) is 0 Å². The molecule has 3 rings (SSSR count). The minimum Gasteiger partial charge on any atom is -0.349 e. The maximum absolute atomic E-state index is 12.5. The lowest BCUT2D eigenvalue weighted by molar-refractivity contribution is 0.0925. The zero-order chi connectivity index (χ0) is 14.7. The Kier molecular flexibility index (Phi) is 5.46. The molecule has 1 heterocycles. The summed E-state index contributed by atoms with van der Waals surface area (Å²) in [7, 11) is 0. The van der Waals surface area contributed by atoms with Crippen LogP contribution in [-0.4, -0.2) is 38.2 Å². The normalized spacial score (nSPS) is 21.0. The molecule has 0 bridgehead atoms. The average Bonchev–Trinajstić information content (AvgIpc) is 3.04. The lowest BCUT2D eigenvalue weighted by Crippen LogP contribution is -2.40. The minimum atomic E-state index is -0.0958. The summed E-state index contributed by atoms with van der Waals surface area (Å²) >= 11 is 0. The van der Waals surface area contributed by atoms with Crippen LogP contribution < -0.4 is 11.1 Å². The summed E-state index contributed by atoms with van der Waals surface area (Å²) in [6, 6.07) is 7.75. The Morgan fingerprint density at radius 2 is 1.95 bits per heavy atom. The van der Waals surface area contributed by atoms with Crippen molar-refractivity contribution in [1.29, 1.82) is 0 Å². The highest BCUT2D eigenvalue weighted by atomic mass is 35.5. The molecule has 0 saturated heterocycles. The van der Waals surface area contributed by atoms with Gasteiger partial charge in [0, 0.05) is 12.1 Å². The Labute approximate surface area is 134 Å². The van der Waals surface area contributed by atoms with Crippen molar-refractivity contribution in [1.82, 2.24) is 25.5 Å². The Morgan fingerprint density at radius 1 is 1.23 bits per heavy atom. The van der Waals surface area contributed by atoms with Crippen LogP contribution in [0.5, 0.6) is 0 Å². The molecule has 0 unspecified atom stereocenters. The van der Waals surface area contributed by atoms with Gasteiger partial charge >= 0.3 is 0 Å². The van der Waals surface area contributed by atoms with Crippen LogP contribution in [0, 0.1) is 0 Å². The maximum atomic E-state index is 12.5. The van der Waals surface area contributed by atoms with E-state index in [9.17, 15) is 4.79 Å². The van der Waals surface area contributed by atoms with Crippen LogP contribution in [0.2, 0.25) is 0 Å². The summed E-state index contributed by atoms with van der Waals surface area (Å²) in [6.45, 7) is 0. The standard InChI is InChI=1S/C14H18N6O.ClH/c15-10-5-7-11(8-6-10)17-14(21)12-3-1-2-4-13(12)20-9-16-18-19-20;/h1-4,9-11H,5-8,15H2,(H,17,21);1H. The first kappa shape index (κ1) is 16.4. The van der Waals surface area contributed by atoms with E-state index < -0.39 is 0 Å². The second-order valence-electron chi connectivity index (χ2n) is 5.36. The van der Waals surface area contributed by atoms with Crippen molar-refractivity contribution in [2.45, 2.75) is 37.8 Å². The number of amides is 1. The number of hydrogen-bond donors (Lipinski definition) is 2. The number of halogens is 1. The third-order valence-electron chi connectivity index (χ3n) is 3.85. The Hall–Kier alpha value is -1.99. The zero-order valence-corrected chi connectivity index (χ0v) is 12.9. The van der Waals surface area contributed by atoms with Gasteiger partial charge in [-0.25, -0.2) is 0 Å². The first-order valence-corrected chi connectivity index (χ1v) is 7.13. The van der Waals surface area contributed by atoms with E-state index in [1.807, 2.05) is 18.2 Å². The maximum Gasteiger partial charge on any atom is 0.253 e. The first-order valence-electron chi connectivity index (χ1n) is 7.13. The number of nitrogens with two attached hydrogens (primary N) is 1. The van der Waals surface area contributed by atoms with E-state index in [4.69, 9.17) is 5.73 Å². The van der Waals surface area contributed by atoms with E-state index in [0.717, 1.165) is 25.7 Å². The Bertz CT molecular complexity index is 610. The minimum absolute atomic E-state index is 0. The largest absolute Gasteiger partial charge is 0.349 e. The van der Waals surface area contributed by atoms with Gasteiger partial charge in [0.05, 0.1) is 11.3 Å². The quantitative estimate of drug-likeness (QED) is 0.881. The molecule has 0 radical (unpaired) electrons. The average molecular weight is 323 g/mol. The fraction of sp³-hybridized carbons (Fsp3) is 0.429. The molecule has 1 aliphatic carbocycles. The van der Waals surface area contributed by atoms with Gasteiger partial charge in [-0.2, -0.15) is 4.68 Å². The van der Waals surface area contributed by atoms with Crippen LogP contribution in [0.1, 0.15) is 36.0 Å². The van der Waals surface area contributed by atoms with Crippen LogP contribution in [0.4, 0.5) is 0 Å². The van der Waals surface area contributed by atoms with Gasteiger partial charge in [0.1, 0.15) is 6.33 Å². The smallest absolute Gasteiger partial charge is 0.253 e. The molecule has 1 aromatic carbocycles. The topological polar surface area (TPSA) is 98.7 Å². The molecule has 0 spiro atoms. The number of carbonyl (C=O) groups excluding carboxylic acids is 1. The number of nitrogens with zero attached hydrogens (tertiary/aromatic N) is 4. The van der Waals surface area contributed by atoms with Crippen LogP contribution >= 0.6 is 12.4 Å². The third-order valence-corrected chi connectivity index (χ3v) is 3.85. The fourth-order valence-corrected chi connectivity index (χ4v) is 2.66. The predicted molar refractivity (Wildman–Crippen MR) is 84.1 cm³/mol. The molecular weight excluding hydrogens is 304 g/mol. The van der Waals surface area contributed by atoms with Crippen LogP contribution in [0.25, 0.3) is 5.69 Å². The third kappa shape index (κ3) is 3.61. The van der Waals surface area contributed by atoms with Gasteiger partial charge in [0.25, 0.3) is 5.91 Å². The predicted octanol–water partition coefficient (Wildman–Crippen LogP) is 1.08. The molecule has 0 atom stereocenters. The number of rotatable bonds is 3. The van der Waals surface area contributed by atoms with Crippen LogP contribution in [-0.2, 0) is 0 Å². The van der Waals surface area contributed by atoms with Crippen molar-refractivity contribution in [2.24, 2.45) is 5.73 Å². The van der Waals surface area contributed by atoms with E-state index in [-0.39, 0.29) is 30.4 Å². The highest BCUT2D eigenvalue weighted by Crippen LogP contribution is 2.18. The molecule has 1 aromatic heterocycles. The molecule has 8 heteroatoms.